The summed E-state index contributed by atoms with van der Waals surface area (Å²) in [7, 11) is 1.57. The average Bonchev–Trinajstić information content (AvgIpc) is 2.93. The molecule has 0 spiro atoms. The fraction of sp³-hybridized carbons (Fsp3) is 0.792. The molecule has 0 bridgehead atoms. The molecule has 6 atom stereocenters. The zero-order valence-corrected chi connectivity index (χ0v) is 20.4. The summed E-state index contributed by atoms with van der Waals surface area (Å²) >= 11 is 0. The lowest BCUT2D eigenvalue weighted by atomic mass is 9.70. The predicted octanol–water partition coefficient (Wildman–Crippen LogP) is 2.10. The van der Waals surface area contributed by atoms with Gasteiger partial charge in [-0.2, -0.15) is 0 Å². The number of carbonyl (C=O) groups is 3. The number of allylic oxidation sites excluding steroid dienone is 1. The number of nitrogens with zero attached hydrogens (tertiary/aromatic N) is 1. The Balaban J connectivity index is 2.47. The Morgan fingerprint density at radius 1 is 1.16 bits per heavy atom. The molecule has 31 heavy (non-hydrogen) atoms. The summed E-state index contributed by atoms with van der Waals surface area (Å²) in [6.45, 7) is 14.0. The number of hydrogen-bond acceptors (Lipinski definition) is 4. The number of hydrogen-bond donors (Lipinski definition) is 3. The van der Waals surface area contributed by atoms with E-state index in [9.17, 15) is 19.5 Å². The second kappa shape index (κ2) is 9.31. The van der Waals surface area contributed by atoms with Crippen molar-refractivity contribution in [3.63, 3.8) is 0 Å². The molecule has 7 heteroatoms. The Kier molecular flexibility index (Phi) is 7.62. The normalized spacial score (nSPS) is 29.5. The number of nitrogens with one attached hydrogen (secondary N) is 2. The number of amides is 3. The second-order valence-corrected chi connectivity index (χ2v) is 11.0. The maximum Gasteiger partial charge on any atom is 0.243 e. The van der Waals surface area contributed by atoms with Gasteiger partial charge in [-0.05, 0) is 38.0 Å². The lowest BCUT2D eigenvalue weighted by Gasteiger charge is -2.38. The van der Waals surface area contributed by atoms with Crippen LogP contribution >= 0.6 is 0 Å². The zero-order chi connectivity index (χ0) is 23.7. The smallest absolute Gasteiger partial charge is 0.243 e. The summed E-state index contributed by atoms with van der Waals surface area (Å²) in [4.78, 5) is 41.4. The van der Waals surface area contributed by atoms with Gasteiger partial charge in [-0.25, -0.2) is 0 Å². The Hall–Kier alpha value is -1.89. The summed E-state index contributed by atoms with van der Waals surface area (Å²) in [6.07, 6.45) is 5.17. The van der Waals surface area contributed by atoms with Crippen molar-refractivity contribution in [3.05, 3.63) is 12.2 Å². The largest absolute Gasteiger partial charge is 0.394 e. The van der Waals surface area contributed by atoms with Crippen LogP contribution in [0.15, 0.2) is 12.2 Å². The van der Waals surface area contributed by atoms with Crippen LogP contribution in [0.2, 0.25) is 0 Å². The fourth-order valence-corrected chi connectivity index (χ4v) is 5.69. The molecule has 0 aromatic carbocycles. The van der Waals surface area contributed by atoms with Gasteiger partial charge in [0, 0.05) is 18.5 Å². The van der Waals surface area contributed by atoms with E-state index in [-0.39, 0.29) is 35.7 Å². The van der Waals surface area contributed by atoms with Crippen LogP contribution in [-0.4, -0.2) is 59.0 Å². The molecule has 0 aromatic heterocycles. The summed E-state index contributed by atoms with van der Waals surface area (Å²) in [5, 5.41) is 15.8. The van der Waals surface area contributed by atoms with Crippen molar-refractivity contribution in [2.75, 3.05) is 13.7 Å². The highest BCUT2D eigenvalue weighted by atomic mass is 16.3. The summed E-state index contributed by atoms with van der Waals surface area (Å²) in [5.74, 6) is -2.29. The second-order valence-electron chi connectivity index (χ2n) is 11.0. The Labute approximate surface area is 187 Å². The van der Waals surface area contributed by atoms with Crippen LogP contribution in [0.25, 0.3) is 0 Å². The van der Waals surface area contributed by atoms with Gasteiger partial charge in [-0.3, -0.25) is 14.4 Å². The Morgan fingerprint density at radius 2 is 1.77 bits per heavy atom. The van der Waals surface area contributed by atoms with Crippen molar-refractivity contribution >= 4 is 17.7 Å². The third kappa shape index (κ3) is 5.30. The van der Waals surface area contributed by atoms with Crippen LogP contribution < -0.4 is 10.6 Å². The first kappa shape index (κ1) is 25.4. The molecule has 176 valence electrons. The lowest BCUT2D eigenvalue weighted by Crippen LogP contribution is -2.56. The Morgan fingerprint density at radius 3 is 2.26 bits per heavy atom. The monoisotopic (exact) mass is 435 g/mol. The minimum atomic E-state index is -0.746. The number of aliphatic hydroxyl groups is 1. The minimum absolute atomic E-state index is 0.0199. The number of fused-ring (bicyclic) bond motifs is 1. The van der Waals surface area contributed by atoms with E-state index in [0.29, 0.717) is 6.42 Å². The van der Waals surface area contributed by atoms with Crippen LogP contribution in [0.1, 0.15) is 61.3 Å². The first-order valence-electron chi connectivity index (χ1n) is 11.4. The highest BCUT2D eigenvalue weighted by Crippen LogP contribution is 2.45. The maximum atomic E-state index is 13.6. The van der Waals surface area contributed by atoms with Crippen LogP contribution in [-0.2, 0) is 14.4 Å². The van der Waals surface area contributed by atoms with Gasteiger partial charge >= 0.3 is 0 Å². The molecule has 1 aliphatic carbocycles. The molecule has 2 aliphatic rings. The fourth-order valence-electron chi connectivity index (χ4n) is 5.69. The summed E-state index contributed by atoms with van der Waals surface area (Å²) in [6, 6.07) is -1.21. The standard InChI is InChI=1S/C24H41N3O4/c1-9-15(12-28)27-19(21(30)26-24(6,7)13-23(3,4)5)16-11-10-14(2)17(20(29)25-8)18(16)22(27)31/h10-11,14-19,28H,9,12-13H2,1-8H3,(H,25,29)(H,26,30)/t14-,15+,16+,17-,18+,19+/m1/s1. The van der Waals surface area contributed by atoms with E-state index in [4.69, 9.17) is 0 Å². The van der Waals surface area contributed by atoms with Crippen LogP contribution in [0.4, 0.5) is 0 Å². The summed E-state index contributed by atoms with van der Waals surface area (Å²) in [5.41, 5.74) is -0.443. The molecule has 2 rings (SSSR count). The van der Waals surface area contributed by atoms with Crippen molar-refractivity contribution < 1.29 is 19.5 Å². The predicted molar refractivity (Wildman–Crippen MR) is 121 cm³/mol. The molecule has 1 heterocycles. The molecule has 7 nitrogen and oxygen atoms in total. The first-order valence-corrected chi connectivity index (χ1v) is 11.4. The quantitative estimate of drug-likeness (QED) is 0.533. The third-order valence-corrected chi connectivity index (χ3v) is 6.54. The average molecular weight is 436 g/mol. The van der Waals surface area contributed by atoms with Gasteiger partial charge in [0.1, 0.15) is 6.04 Å². The van der Waals surface area contributed by atoms with E-state index in [0.717, 1.165) is 6.42 Å². The van der Waals surface area contributed by atoms with Crippen LogP contribution in [0, 0.1) is 29.1 Å². The van der Waals surface area contributed by atoms with Crippen molar-refractivity contribution in [3.8, 4) is 0 Å². The molecule has 1 fully saturated rings. The molecule has 0 radical (unpaired) electrons. The van der Waals surface area contributed by atoms with Crippen molar-refractivity contribution in [2.24, 2.45) is 29.1 Å². The number of rotatable bonds is 7. The van der Waals surface area contributed by atoms with Crippen molar-refractivity contribution in [1.29, 1.82) is 0 Å². The molecule has 3 amide bonds. The molecular formula is C24H41N3O4. The van der Waals surface area contributed by atoms with Gasteiger partial charge in [-0.15, -0.1) is 0 Å². The Bertz CT molecular complexity index is 721. The summed E-state index contributed by atoms with van der Waals surface area (Å²) < 4.78 is 0. The van der Waals surface area contributed by atoms with Crippen molar-refractivity contribution in [2.45, 2.75) is 78.9 Å². The molecular weight excluding hydrogens is 394 g/mol. The molecule has 1 saturated heterocycles. The zero-order valence-electron chi connectivity index (χ0n) is 20.4. The van der Waals surface area contributed by atoms with E-state index >= 15 is 0 Å². The molecule has 0 saturated carbocycles. The van der Waals surface area contributed by atoms with E-state index < -0.39 is 35.4 Å². The van der Waals surface area contributed by atoms with E-state index in [2.05, 4.69) is 31.4 Å². The third-order valence-electron chi connectivity index (χ3n) is 6.54. The van der Waals surface area contributed by atoms with Crippen LogP contribution in [0.3, 0.4) is 0 Å². The first-order chi connectivity index (χ1) is 14.3. The number of likely N-dealkylation sites (tertiary alicyclic amines) is 1. The molecule has 3 N–H and O–H groups in total. The van der Waals surface area contributed by atoms with Crippen molar-refractivity contribution in [1.82, 2.24) is 15.5 Å². The van der Waals surface area contributed by atoms with Crippen LogP contribution in [0.5, 0.6) is 0 Å². The number of aliphatic hydroxyl groups excluding tert-OH is 1. The molecule has 1 aliphatic heterocycles. The SMILES string of the molecule is CC[C@@H](CO)N1C(=O)[C@H]2[C@H](C=C[C@@H](C)[C@H]2C(=O)NC)[C@H]1C(=O)NC(C)(C)CC(C)(C)C. The van der Waals surface area contributed by atoms with Gasteiger partial charge in [0.25, 0.3) is 0 Å². The van der Waals surface area contributed by atoms with E-state index in [1.54, 1.807) is 11.9 Å². The lowest BCUT2D eigenvalue weighted by molar-refractivity contribution is -0.143. The van der Waals surface area contributed by atoms with Gasteiger partial charge < -0.3 is 20.6 Å². The molecule has 0 unspecified atom stereocenters. The number of carbonyl (C=O) groups excluding carboxylic acids is 3. The van der Waals surface area contributed by atoms with E-state index in [1.807, 2.05) is 39.8 Å². The van der Waals surface area contributed by atoms with Gasteiger partial charge in [0.05, 0.1) is 24.5 Å². The topological polar surface area (TPSA) is 98.7 Å². The molecule has 0 aromatic rings. The maximum absolute atomic E-state index is 13.6. The van der Waals surface area contributed by atoms with E-state index in [1.165, 1.54) is 0 Å². The highest BCUT2D eigenvalue weighted by molar-refractivity contribution is 5.97. The van der Waals surface area contributed by atoms with Gasteiger partial charge in [0.2, 0.25) is 17.7 Å². The highest BCUT2D eigenvalue weighted by Gasteiger charge is 2.58. The van der Waals surface area contributed by atoms with Gasteiger partial charge in [0.15, 0.2) is 0 Å². The van der Waals surface area contributed by atoms with Gasteiger partial charge in [-0.1, -0.05) is 46.8 Å². The minimum Gasteiger partial charge on any atom is -0.394 e.